The fourth-order valence-corrected chi connectivity index (χ4v) is 2.13. The first-order valence-corrected chi connectivity index (χ1v) is 12.4. The van der Waals surface area contributed by atoms with Gasteiger partial charge in [0.1, 0.15) is 13.2 Å². The summed E-state index contributed by atoms with van der Waals surface area (Å²) in [6.45, 7) is 9.10. The number of esters is 1. The number of ether oxygens (including phenoxy) is 7. The lowest BCUT2D eigenvalue weighted by Crippen LogP contribution is -2.16. The van der Waals surface area contributed by atoms with Gasteiger partial charge in [0.15, 0.2) is 0 Å². The molecule has 1 atom stereocenters. The summed E-state index contributed by atoms with van der Waals surface area (Å²) in [6.07, 6.45) is 1.01. The molecule has 0 spiro atoms. The summed E-state index contributed by atoms with van der Waals surface area (Å²) < 4.78 is 43.6. The topological polar surface area (TPSA) is 120 Å². The number of hydrogen-bond donors (Lipinski definition) is 0. The number of nitrogens with zero attached hydrogens (tertiary/aromatic N) is 1. The fraction of sp³-hybridized carbons (Fsp3) is 0.895. The molecule has 0 saturated heterocycles. The molecule has 33 heavy (non-hydrogen) atoms. The maximum atomic E-state index is 10.9. The van der Waals surface area contributed by atoms with E-state index in [4.69, 9.17) is 40.0 Å². The Kier molecular flexibility index (Phi) is 33.1. The first-order valence-electron chi connectivity index (χ1n) is 10.6. The van der Waals surface area contributed by atoms with Gasteiger partial charge in [-0.15, -0.1) is 11.6 Å². The SMILES string of the molecule is CCCOCCOCCOCC(=O)OP=NP.CCOC(=O)COCCOCCOCCCl. The van der Waals surface area contributed by atoms with Gasteiger partial charge >= 0.3 is 11.9 Å². The molecule has 0 aliphatic rings. The number of alkyl halides is 1. The molecule has 0 aliphatic carbocycles. The van der Waals surface area contributed by atoms with Crippen molar-refractivity contribution < 1.29 is 47.3 Å². The highest BCUT2D eigenvalue weighted by Gasteiger charge is 2.01. The number of rotatable bonds is 22. The Morgan fingerprint density at radius 2 is 1.18 bits per heavy atom. The van der Waals surface area contributed by atoms with Gasteiger partial charge in [-0.25, -0.2) is 14.1 Å². The van der Waals surface area contributed by atoms with Crippen molar-refractivity contribution >= 4 is 41.5 Å². The van der Waals surface area contributed by atoms with Crippen LogP contribution in [-0.4, -0.2) is 104 Å². The highest BCUT2D eigenvalue weighted by atomic mass is 35.5. The van der Waals surface area contributed by atoms with Crippen molar-refractivity contribution in [3.63, 3.8) is 0 Å². The van der Waals surface area contributed by atoms with E-state index < -0.39 is 5.97 Å². The normalized spacial score (nSPS) is 10.7. The molecule has 1 unspecified atom stereocenters. The summed E-state index contributed by atoms with van der Waals surface area (Å²) in [4.78, 5) is 21.8. The van der Waals surface area contributed by atoms with Crippen LogP contribution >= 0.6 is 29.6 Å². The molecule has 0 aromatic carbocycles. The average molecular weight is 538 g/mol. The van der Waals surface area contributed by atoms with E-state index in [1.54, 1.807) is 6.92 Å². The molecule has 0 saturated carbocycles. The molecule has 0 aromatic heterocycles. The van der Waals surface area contributed by atoms with E-state index >= 15 is 0 Å². The second-order valence-electron chi connectivity index (χ2n) is 5.71. The van der Waals surface area contributed by atoms with Gasteiger partial charge in [0, 0.05) is 12.5 Å². The highest BCUT2D eigenvalue weighted by molar-refractivity contribution is 7.31. The number of carbonyl (C=O) groups excluding carboxylic acids is 2. The predicted octanol–water partition coefficient (Wildman–Crippen LogP) is 2.66. The van der Waals surface area contributed by atoms with Gasteiger partial charge in [-0.05, 0) is 22.7 Å². The summed E-state index contributed by atoms with van der Waals surface area (Å²) in [7, 11) is 2.36. The molecule has 0 amide bonds. The Bertz CT molecular complexity index is 464. The smallest absolute Gasteiger partial charge is 0.341 e. The fourth-order valence-electron chi connectivity index (χ4n) is 1.69. The van der Waals surface area contributed by atoms with Crippen LogP contribution in [0.5, 0.6) is 0 Å². The third-order valence-electron chi connectivity index (χ3n) is 2.99. The van der Waals surface area contributed by atoms with E-state index in [1.807, 2.05) is 0 Å². The Morgan fingerprint density at radius 1 is 0.727 bits per heavy atom. The van der Waals surface area contributed by atoms with E-state index in [9.17, 15) is 9.59 Å². The van der Waals surface area contributed by atoms with Crippen LogP contribution < -0.4 is 0 Å². The lowest BCUT2D eigenvalue weighted by Gasteiger charge is -2.05. The van der Waals surface area contributed by atoms with Gasteiger partial charge in [-0.2, -0.15) is 0 Å². The second kappa shape index (κ2) is 31.5. The number of halogens is 1. The maximum Gasteiger partial charge on any atom is 0.341 e. The van der Waals surface area contributed by atoms with E-state index in [2.05, 4.69) is 30.1 Å². The van der Waals surface area contributed by atoms with Crippen LogP contribution in [0.1, 0.15) is 20.3 Å². The zero-order chi connectivity index (χ0) is 24.8. The highest BCUT2D eigenvalue weighted by Crippen LogP contribution is 2.05. The Morgan fingerprint density at radius 3 is 1.64 bits per heavy atom. The maximum absolute atomic E-state index is 10.9. The average Bonchev–Trinajstić information content (AvgIpc) is 2.81. The third kappa shape index (κ3) is 33.8. The van der Waals surface area contributed by atoms with Crippen molar-refractivity contribution in [2.45, 2.75) is 20.3 Å². The van der Waals surface area contributed by atoms with Crippen LogP contribution in [0.2, 0.25) is 0 Å². The molecular weight excluding hydrogens is 500 g/mol. The molecule has 0 aromatic rings. The minimum atomic E-state index is -0.441. The lowest BCUT2D eigenvalue weighted by molar-refractivity contribution is -0.149. The minimum absolute atomic E-state index is 0.0278. The lowest BCUT2D eigenvalue weighted by atomic mass is 10.5. The molecule has 196 valence electrons. The van der Waals surface area contributed by atoms with Crippen molar-refractivity contribution in [3.05, 3.63) is 0 Å². The van der Waals surface area contributed by atoms with E-state index in [0.29, 0.717) is 71.9 Å². The van der Waals surface area contributed by atoms with Crippen molar-refractivity contribution in [1.29, 1.82) is 0 Å². The summed E-state index contributed by atoms with van der Waals surface area (Å²) in [5.74, 6) is -0.306. The van der Waals surface area contributed by atoms with Crippen LogP contribution in [0.4, 0.5) is 0 Å². The van der Waals surface area contributed by atoms with Gasteiger partial charge < -0.3 is 37.7 Å². The van der Waals surface area contributed by atoms with Crippen molar-refractivity contribution in [1.82, 2.24) is 0 Å². The Hall–Kier alpha value is -0.480. The standard InChI is InChI=1S/C10H19ClO5.C9H19NO5P2/c1-2-16-10(12)9-15-8-7-14-6-5-13-4-3-11;1-2-3-12-4-5-13-6-7-14-8-9(11)15-17-10-16/h2-9H2,1H3;2-8,16H2,1H3. The largest absolute Gasteiger partial charge is 0.464 e. The molecule has 0 N–H and O–H groups in total. The molecule has 0 fully saturated rings. The molecule has 11 nitrogen and oxygen atoms in total. The van der Waals surface area contributed by atoms with E-state index in [0.717, 1.165) is 13.0 Å². The molecule has 0 radical (unpaired) electrons. The molecule has 0 bridgehead atoms. The van der Waals surface area contributed by atoms with E-state index in [-0.39, 0.29) is 27.8 Å². The van der Waals surface area contributed by atoms with Crippen LogP contribution in [0.15, 0.2) is 4.52 Å². The summed E-state index contributed by atoms with van der Waals surface area (Å²) in [5, 5.41) is 0. The van der Waals surface area contributed by atoms with Crippen LogP contribution in [0.25, 0.3) is 0 Å². The first-order chi connectivity index (χ1) is 16.1. The van der Waals surface area contributed by atoms with Crippen LogP contribution in [-0.2, 0) is 47.3 Å². The Labute approximate surface area is 205 Å². The molecule has 14 heteroatoms. The van der Waals surface area contributed by atoms with Gasteiger partial charge in [0.2, 0.25) is 8.60 Å². The zero-order valence-electron chi connectivity index (χ0n) is 19.5. The molecular formula is C19H38ClNO10P2. The van der Waals surface area contributed by atoms with E-state index in [1.165, 1.54) is 0 Å². The van der Waals surface area contributed by atoms with Gasteiger partial charge in [-0.3, -0.25) is 0 Å². The molecule has 0 aliphatic heterocycles. The monoisotopic (exact) mass is 537 g/mol. The minimum Gasteiger partial charge on any atom is -0.464 e. The van der Waals surface area contributed by atoms with Crippen LogP contribution in [0, 0.1) is 0 Å². The Balaban J connectivity index is 0. The molecule has 0 heterocycles. The third-order valence-corrected chi connectivity index (χ3v) is 3.81. The van der Waals surface area contributed by atoms with Gasteiger partial charge in [0.05, 0.1) is 66.1 Å². The van der Waals surface area contributed by atoms with Crippen molar-refractivity contribution in [3.8, 4) is 0 Å². The number of carbonyl (C=O) groups is 2. The van der Waals surface area contributed by atoms with Crippen LogP contribution in [0.3, 0.4) is 0 Å². The zero-order valence-corrected chi connectivity index (χ0v) is 22.3. The second-order valence-corrected chi connectivity index (χ2v) is 7.36. The number of hydrogen-bond acceptors (Lipinski definition) is 11. The summed E-state index contributed by atoms with van der Waals surface area (Å²) >= 11 is 5.41. The predicted molar refractivity (Wildman–Crippen MR) is 128 cm³/mol. The van der Waals surface area contributed by atoms with Crippen molar-refractivity contribution in [2.24, 2.45) is 4.52 Å². The van der Waals surface area contributed by atoms with Gasteiger partial charge in [0.25, 0.3) is 0 Å². The first kappa shape index (κ1) is 34.7. The van der Waals surface area contributed by atoms with Crippen molar-refractivity contribution in [2.75, 3.05) is 91.8 Å². The van der Waals surface area contributed by atoms with Gasteiger partial charge in [-0.1, -0.05) is 6.92 Å². The summed E-state index contributed by atoms with van der Waals surface area (Å²) in [6, 6.07) is 0. The quantitative estimate of drug-likeness (QED) is 0.0882. The molecule has 0 rings (SSSR count). The summed E-state index contributed by atoms with van der Waals surface area (Å²) in [5.41, 5.74) is 0.